The summed E-state index contributed by atoms with van der Waals surface area (Å²) in [6.07, 6.45) is 1.71. The first-order valence-electron chi connectivity index (χ1n) is 15.0. The quantitative estimate of drug-likeness (QED) is 0.140. The Kier molecular flexibility index (Phi) is 11.5. The van der Waals surface area contributed by atoms with Crippen LogP contribution in [0.1, 0.15) is 47.5 Å². The number of aromatic hydroxyl groups is 1. The van der Waals surface area contributed by atoms with Crippen LogP contribution in [0.3, 0.4) is 0 Å². The van der Waals surface area contributed by atoms with Crippen molar-refractivity contribution in [1.82, 2.24) is 15.4 Å². The van der Waals surface area contributed by atoms with Crippen LogP contribution in [-0.2, 0) is 32.5 Å². The summed E-state index contributed by atoms with van der Waals surface area (Å²) in [6, 6.07) is 21.0. The van der Waals surface area contributed by atoms with E-state index >= 15 is 0 Å². The van der Waals surface area contributed by atoms with Gasteiger partial charge in [-0.05, 0) is 73.2 Å². The van der Waals surface area contributed by atoms with Crippen LogP contribution in [-0.4, -0.2) is 49.2 Å². The number of Topliss-reactive ketones (excluding diaryl/α,β-unsaturated/α-hetero) is 1. The van der Waals surface area contributed by atoms with E-state index in [1.165, 1.54) is 36.6 Å². The molecule has 0 aliphatic rings. The van der Waals surface area contributed by atoms with E-state index in [0.29, 0.717) is 17.5 Å². The maximum absolute atomic E-state index is 13.9. The predicted octanol–water partition coefficient (Wildman–Crippen LogP) is 4.32. The number of aryl methyl sites for hydroxylation is 1. The molecule has 0 bridgehead atoms. The molecule has 0 saturated carbocycles. The van der Waals surface area contributed by atoms with E-state index in [1.807, 2.05) is 26.8 Å². The minimum Gasteiger partial charge on any atom is -0.508 e. The van der Waals surface area contributed by atoms with Crippen LogP contribution in [0.4, 0.5) is 0 Å². The number of rotatable bonds is 15. The lowest BCUT2D eigenvalue weighted by atomic mass is 9.97. The minimum atomic E-state index is -4.12. The second kappa shape index (κ2) is 15.5. The average molecular weight is 646 g/mol. The zero-order valence-electron chi connectivity index (χ0n) is 26.0. The van der Waals surface area contributed by atoms with Crippen molar-refractivity contribution in [3.05, 3.63) is 120 Å². The molecule has 0 spiro atoms. The van der Waals surface area contributed by atoms with Gasteiger partial charge in [0, 0.05) is 6.42 Å². The molecule has 0 aliphatic carbocycles. The second-order valence-electron chi connectivity index (χ2n) is 11.6. The molecular weight excluding hydrogens is 606 g/mol. The van der Waals surface area contributed by atoms with Crippen LogP contribution in [0.2, 0.25) is 0 Å². The van der Waals surface area contributed by atoms with E-state index in [1.54, 1.807) is 54.6 Å². The molecule has 10 nitrogen and oxygen atoms in total. The third-order valence-corrected chi connectivity index (χ3v) is 8.83. The predicted molar refractivity (Wildman–Crippen MR) is 174 cm³/mol. The van der Waals surface area contributed by atoms with Crippen LogP contribution >= 0.6 is 0 Å². The molecule has 11 heteroatoms. The number of hydrogen-bond donors (Lipinski definition) is 4. The number of ketones is 1. The molecular formula is C35H39N3O7S. The normalized spacial score (nSPS) is 13.5. The van der Waals surface area contributed by atoms with Gasteiger partial charge in [-0.1, -0.05) is 74.0 Å². The van der Waals surface area contributed by atoms with Crippen LogP contribution in [0, 0.1) is 12.8 Å². The number of sulfonamides is 1. The molecule has 3 aromatic carbocycles. The SMILES string of the molecule is Cc1ccc(S(=O)(=O)N[C@@H](Cc2ccccc2)C(=O)N[C@@H](Cc2ccc(O)cc2)C(=O)N[C@@H](CC(C)C)C(=O)c2ccco2)cc1. The summed E-state index contributed by atoms with van der Waals surface area (Å²) >= 11 is 0. The zero-order valence-corrected chi connectivity index (χ0v) is 26.8. The highest BCUT2D eigenvalue weighted by atomic mass is 32.2. The molecule has 0 radical (unpaired) electrons. The number of benzene rings is 3. The number of phenolic OH excluding ortho intramolecular Hbond substituents is 1. The van der Waals surface area contributed by atoms with Gasteiger partial charge in [0.1, 0.15) is 17.8 Å². The maximum atomic E-state index is 13.9. The Hall–Kier alpha value is -4.74. The zero-order chi connectivity index (χ0) is 33.3. The van der Waals surface area contributed by atoms with Gasteiger partial charge in [0.25, 0.3) is 0 Å². The molecule has 1 aromatic heterocycles. The molecule has 4 N–H and O–H groups in total. The minimum absolute atomic E-state index is 0.00393. The highest BCUT2D eigenvalue weighted by Crippen LogP contribution is 2.16. The van der Waals surface area contributed by atoms with Gasteiger partial charge in [-0.25, -0.2) is 8.42 Å². The number of furan rings is 1. The first-order chi connectivity index (χ1) is 21.9. The van der Waals surface area contributed by atoms with E-state index in [4.69, 9.17) is 4.42 Å². The Balaban J connectivity index is 1.63. The third kappa shape index (κ3) is 9.63. The molecule has 0 unspecified atom stereocenters. The fourth-order valence-electron chi connectivity index (χ4n) is 4.93. The molecule has 242 valence electrons. The Morgan fingerprint density at radius 1 is 0.739 bits per heavy atom. The van der Waals surface area contributed by atoms with Crippen molar-refractivity contribution in [2.75, 3.05) is 0 Å². The van der Waals surface area contributed by atoms with Crippen molar-refractivity contribution in [2.45, 2.75) is 63.1 Å². The molecule has 4 aromatic rings. The Morgan fingerprint density at radius 3 is 1.93 bits per heavy atom. The first-order valence-corrected chi connectivity index (χ1v) is 16.5. The summed E-state index contributed by atoms with van der Waals surface area (Å²) in [7, 11) is -4.12. The molecule has 1 heterocycles. The lowest BCUT2D eigenvalue weighted by molar-refractivity contribution is -0.130. The Morgan fingerprint density at radius 2 is 1.33 bits per heavy atom. The van der Waals surface area contributed by atoms with Crippen molar-refractivity contribution >= 4 is 27.6 Å². The number of carbonyl (C=O) groups is 3. The molecule has 0 aliphatic heterocycles. The second-order valence-corrected chi connectivity index (χ2v) is 13.4. The first kappa shape index (κ1) is 34.1. The Labute approximate surface area is 269 Å². The third-order valence-electron chi connectivity index (χ3n) is 7.34. The topological polar surface area (TPSA) is 155 Å². The van der Waals surface area contributed by atoms with Crippen LogP contribution < -0.4 is 15.4 Å². The summed E-state index contributed by atoms with van der Waals surface area (Å²) in [4.78, 5) is 41.0. The number of carbonyl (C=O) groups excluding carboxylic acids is 3. The van der Waals surface area contributed by atoms with Gasteiger partial charge in [-0.2, -0.15) is 4.72 Å². The summed E-state index contributed by atoms with van der Waals surface area (Å²) in [5.74, 6) is -1.60. The van der Waals surface area contributed by atoms with Gasteiger partial charge >= 0.3 is 0 Å². The average Bonchev–Trinajstić information content (AvgIpc) is 3.56. The van der Waals surface area contributed by atoms with E-state index in [0.717, 1.165) is 5.56 Å². The maximum Gasteiger partial charge on any atom is 0.243 e. The summed E-state index contributed by atoms with van der Waals surface area (Å²) in [5.41, 5.74) is 2.20. The van der Waals surface area contributed by atoms with Gasteiger partial charge in [-0.15, -0.1) is 0 Å². The summed E-state index contributed by atoms with van der Waals surface area (Å²) < 4.78 is 34.6. The van der Waals surface area contributed by atoms with E-state index in [-0.39, 0.29) is 35.2 Å². The highest BCUT2D eigenvalue weighted by Gasteiger charge is 2.32. The van der Waals surface area contributed by atoms with Crippen molar-refractivity contribution < 1.29 is 32.3 Å². The van der Waals surface area contributed by atoms with Crippen LogP contribution in [0.25, 0.3) is 0 Å². The smallest absolute Gasteiger partial charge is 0.243 e. The van der Waals surface area contributed by atoms with Gasteiger partial charge in [0.15, 0.2) is 5.76 Å². The fraction of sp³-hybridized carbons (Fsp3) is 0.286. The standard InChI is InChI=1S/C35H39N3O7S/c1-23(2)20-29(33(40)32-10-7-19-45-32)36-34(41)30(21-26-13-15-27(39)16-14-26)37-35(42)31(22-25-8-5-4-6-9-25)38-46(43,44)28-17-11-24(3)12-18-28/h4-19,23,29-31,38-39H,20-22H2,1-3H3,(H,36,41)(H,37,42)/t29-,30-,31-/m0/s1. The van der Waals surface area contributed by atoms with Gasteiger partial charge in [0.2, 0.25) is 27.6 Å². The summed E-state index contributed by atoms with van der Waals surface area (Å²) in [6.45, 7) is 5.67. The van der Waals surface area contributed by atoms with Crippen molar-refractivity contribution in [2.24, 2.45) is 5.92 Å². The van der Waals surface area contributed by atoms with Crippen molar-refractivity contribution in [1.29, 1.82) is 0 Å². The number of hydrogen-bond acceptors (Lipinski definition) is 7. The van der Waals surface area contributed by atoms with Crippen molar-refractivity contribution in [3.63, 3.8) is 0 Å². The van der Waals surface area contributed by atoms with Gasteiger partial charge in [-0.3, -0.25) is 14.4 Å². The molecule has 2 amide bonds. The lowest BCUT2D eigenvalue weighted by Crippen LogP contribution is -2.57. The highest BCUT2D eigenvalue weighted by molar-refractivity contribution is 7.89. The molecule has 4 rings (SSSR count). The molecule has 0 fully saturated rings. The Bertz CT molecular complexity index is 1700. The van der Waals surface area contributed by atoms with E-state index < -0.39 is 45.7 Å². The largest absolute Gasteiger partial charge is 0.508 e. The molecule has 0 saturated heterocycles. The van der Waals surface area contributed by atoms with Crippen LogP contribution in [0.5, 0.6) is 5.75 Å². The molecule has 3 atom stereocenters. The van der Waals surface area contributed by atoms with Crippen LogP contribution in [0.15, 0.2) is 107 Å². The lowest BCUT2D eigenvalue weighted by Gasteiger charge is -2.26. The number of amides is 2. The number of nitrogens with one attached hydrogen (secondary N) is 3. The summed E-state index contributed by atoms with van der Waals surface area (Å²) in [5, 5.41) is 15.3. The van der Waals surface area contributed by atoms with E-state index in [9.17, 15) is 27.9 Å². The fourth-order valence-corrected chi connectivity index (χ4v) is 6.12. The monoisotopic (exact) mass is 645 g/mol. The van der Waals surface area contributed by atoms with Gasteiger partial charge in [0.05, 0.1) is 17.2 Å². The molecule has 46 heavy (non-hydrogen) atoms. The van der Waals surface area contributed by atoms with Crippen molar-refractivity contribution in [3.8, 4) is 5.75 Å². The number of phenols is 1. The van der Waals surface area contributed by atoms with E-state index in [2.05, 4.69) is 15.4 Å². The van der Waals surface area contributed by atoms with Gasteiger partial charge < -0.3 is 20.2 Å².